The van der Waals surface area contributed by atoms with E-state index in [0.717, 1.165) is 30.2 Å². The van der Waals surface area contributed by atoms with Crippen LogP contribution in [0.4, 0.5) is 11.8 Å². The topological polar surface area (TPSA) is 93.7 Å². The molecule has 0 atom stereocenters. The fraction of sp³-hybridized carbons (Fsp3) is 0.364. The minimum atomic E-state index is 0.412. The summed E-state index contributed by atoms with van der Waals surface area (Å²) >= 11 is 0. The van der Waals surface area contributed by atoms with E-state index in [4.69, 9.17) is 5.84 Å². The summed E-state index contributed by atoms with van der Waals surface area (Å²) in [6.07, 6.45) is 2.77. The number of aryl methyl sites for hydroxylation is 2. The van der Waals surface area contributed by atoms with Gasteiger partial charge in [0.05, 0.1) is 5.69 Å². The van der Waals surface area contributed by atoms with Gasteiger partial charge in [-0.2, -0.15) is 10.1 Å². The molecule has 7 heteroatoms. The average Bonchev–Trinajstić information content (AvgIpc) is 2.74. The van der Waals surface area contributed by atoms with Crippen LogP contribution in [0.25, 0.3) is 0 Å². The molecule has 18 heavy (non-hydrogen) atoms. The van der Waals surface area contributed by atoms with E-state index in [1.165, 1.54) is 0 Å². The quantitative estimate of drug-likeness (QED) is 0.525. The SMILES string of the molecule is Cc1cc(NCCc2ccn(C)n2)nc(NN)n1. The number of aromatic nitrogens is 4. The van der Waals surface area contributed by atoms with Gasteiger partial charge < -0.3 is 5.32 Å². The minimum Gasteiger partial charge on any atom is -0.370 e. The Morgan fingerprint density at radius 3 is 2.89 bits per heavy atom. The van der Waals surface area contributed by atoms with Crippen LogP contribution in [-0.2, 0) is 13.5 Å². The molecule has 0 radical (unpaired) electrons. The lowest BCUT2D eigenvalue weighted by atomic mass is 10.3. The van der Waals surface area contributed by atoms with Gasteiger partial charge in [-0.1, -0.05) is 0 Å². The van der Waals surface area contributed by atoms with Crippen LogP contribution in [0.2, 0.25) is 0 Å². The van der Waals surface area contributed by atoms with Crippen LogP contribution < -0.4 is 16.6 Å². The van der Waals surface area contributed by atoms with Crippen molar-refractivity contribution in [2.45, 2.75) is 13.3 Å². The van der Waals surface area contributed by atoms with Crippen LogP contribution in [0.5, 0.6) is 0 Å². The van der Waals surface area contributed by atoms with Gasteiger partial charge in [0.1, 0.15) is 5.82 Å². The maximum Gasteiger partial charge on any atom is 0.239 e. The Morgan fingerprint density at radius 2 is 2.22 bits per heavy atom. The number of hydrogen-bond acceptors (Lipinski definition) is 6. The molecule has 7 nitrogen and oxygen atoms in total. The van der Waals surface area contributed by atoms with Gasteiger partial charge >= 0.3 is 0 Å². The van der Waals surface area contributed by atoms with Crippen molar-refractivity contribution in [1.29, 1.82) is 0 Å². The number of nitrogen functional groups attached to an aromatic ring is 1. The Bertz CT molecular complexity index is 520. The monoisotopic (exact) mass is 247 g/mol. The molecule has 0 aromatic carbocycles. The van der Waals surface area contributed by atoms with E-state index in [0.29, 0.717) is 5.95 Å². The first-order chi connectivity index (χ1) is 8.67. The van der Waals surface area contributed by atoms with Gasteiger partial charge in [-0.25, -0.2) is 10.8 Å². The first-order valence-electron chi connectivity index (χ1n) is 5.72. The Kier molecular flexibility index (Phi) is 3.73. The Hall–Kier alpha value is -2.15. The van der Waals surface area contributed by atoms with Crippen LogP contribution in [0.15, 0.2) is 18.3 Å². The number of nitrogens with one attached hydrogen (secondary N) is 2. The molecule has 96 valence electrons. The normalized spacial score (nSPS) is 10.4. The molecule has 0 amide bonds. The van der Waals surface area contributed by atoms with Crippen molar-refractivity contribution in [2.75, 3.05) is 17.3 Å². The van der Waals surface area contributed by atoms with Crippen molar-refractivity contribution in [3.8, 4) is 0 Å². The minimum absolute atomic E-state index is 0.412. The van der Waals surface area contributed by atoms with Gasteiger partial charge in [0.25, 0.3) is 0 Å². The predicted molar refractivity (Wildman–Crippen MR) is 70.0 cm³/mol. The van der Waals surface area contributed by atoms with Gasteiger partial charge in [-0.3, -0.25) is 10.1 Å². The summed E-state index contributed by atoms with van der Waals surface area (Å²) in [4.78, 5) is 8.32. The molecule has 2 heterocycles. The summed E-state index contributed by atoms with van der Waals surface area (Å²) in [5, 5.41) is 7.53. The first-order valence-corrected chi connectivity index (χ1v) is 5.72. The number of hydrazine groups is 1. The predicted octanol–water partition coefficient (Wildman–Crippen LogP) is 0.459. The van der Waals surface area contributed by atoms with Crippen LogP contribution >= 0.6 is 0 Å². The zero-order valence-corrected chi connectivity index (χ0v) is 10.5. The number of nitrogens with zero attached hydrogens (tertiary/aromatic N) is 4. The van der Waals surface area contributed by atoms with Crippen molar-refractivity contribution in [2.24, 2.45) is 12.9 Å². The van der Waals surface area contributed by atoms with E-state index in [9.17, 15) is 0 Å². The van der Waals surface area contributed by atoms with Crippen LogP contribution in [0.3, 0.4) is 0 Å². The third-order valence-corrected chi connectivity index (χ3v) is 2.44. The fourth-order valence-corrected chi connectivity index (χ4v) is 1.64. The van der Waals surface area contributed by atoms with Crippen LogP contribution in [0, 0.1) is 6.92 Å². The third kappa shape index (κ3) is 3.17. The lowest BCUT2D eigenvalue weighted by Gasteiger charge is -2.07. The largest absolute Gasteiger partial charge is 0.370 e. The molecule has 0 aliphatic heterocycles. The van der Waals surface area contributed by atoms with Crippen molar-refractivity contribution < 1.29 is 0 Å². The molecule has 2 aromatic heterocycles. The van der Waals surface area contributed by atoms with E-state index in [1.807, 2.05) is 32.3 Å². The van der Waals surface area contributed by atoms with E-state index in [1.54, 1.807) is 4.68 Å². The molecular formula is C11H17N7. The number of anilines is 2. The molecule has 0 bridgehead atoms. The molecule has 2 rings (SSSR count). The average molecular weight is 247 g/mol. The Morgan fingerprint density at radius 1 is 1.39 bits per heavy atom. The molecule has 2 aromatic rings. The second-order valence-corrected chi connectivity index (χ2v) is 4.02. The van der Waals surface area contributed by atoms with E-state index < -0.39 is 0 Å². The van der Waals surface area contributed by atoms with E-state index in [2.05, 4.69) is 25.8 Å². The molecule has 0 unspecified atom stereocenters. The standard InChI is InChI=1S/C11H17N7/c1-8-7-10(15-11(14-8)16-12)13-5-3-9-4-6-18(2)17-9/h4,6-7H,3,5,12H2,1-2H3,(H2,13,14,15,16). The van der Waals surface area contributed by atoms with Crippen molar-refractivity contribution in [1.82, 2.24) is 19.7 Å². The number of nitrogens with two attached hydrogens (primary N) is 1. The highest BCUT2D eigenvalue weighted by atomic mass is 15.3. The zero-order chi connectivity index (χ0) is 13.0. The third-order valence-electron chi connectivity index (χ3n) is 2.44. The first kappa shape index (κ1) is 12.3. The summed E-state index contributed by atoms with van der Waals surface area (Å²) < 4.78 is 1.79. The molecule has 0 saturated heterocycles. The lowest BCUT2D eigenvalue weighted by Crippen LogP contribution is -2.13. The van der Waals surface area contributed by atoms with E-state index in [-0.39, 0.29) is 0 Å². The van der Waals surface area contributed by atoms with E-state index >= 15 is 0 Å². The summed E-state index contributed by atoms with van der Waals surface area (Å²) in [6, 6.07) is 3.87. The summed E-state index contributed by atoms with van der Waals surface area (Å²) in [5.74, 6) is 6.46. The van der Waals surface area contributed by atoms with Gasteiger partial charge in [0, 0.05) is 38.0 Å². The highest BCUT2D eigenvalue weighted by molar-refractivity contribution is 5.41. The highest BCUT2D eigenvalue weighted by Crippen LogP contribution is 2.08. The zero-order valence-electron chi connectivity index (χ0n) is 10.5. The summed E-state index contributed by atoms with van der Waals surface area (Å²) in [7, 11) is 1.91. The van der Waals surface area contributed by atoms with Crippen molar-refractivity contribution in [3.63, 3.8) is 0 Å². The van der Waals surface area contributed by atoms with Crippen molar-refractivity contribution >= 4 is 11.8 Å². The molecular weight excluding hydrogens is 230 g/mol. The molecule has 0 aliphatic rings. The Balaban J connectivity index is 1.91. The van der Waals surface area contributed by atoms with Crippen molar-refractivity contribution in [3.05, 3.63) is 29.7 Å². The summed E-state index contributed by atoms with van der Waals surface area (Å²) in [5.41, 5.74) is 4.35. The van der Waals surface area contributed by atoms with Crippen LogP contribution in [0.1, 0.15) is 11.4 Å². The number of hydrogen-bond donors (Lipinski definition) is 3. The number of rotatable bonds is 5. The summed E-state index contributed by atoms with van der Waals surface area (Å²) in [6.45, 7) is 2.66. The molecule has 0 fully saturated rings. The molecule has 0 saturated carbocycles. The van der Waals surface area contributed by atoms with Gasteiger partial charge in [-0.05, 0) is 13.0 Å². The van der Waals surface area contributed by atoms with Gasteiger partial charge in [0.2, 0.25) is 5.95 Å². The van der Waals surface area contributed by atoms with Crippen LogP contribution in [-0.4, -0.2) is 26.3 Å². The van der Waals surface area contributed by atoms with Gasteiger partial charge in [0.15, 0.2) is 0 Å². The second-order valence-electron chi connectivity index (χ2n) is 4.02. The maximum absolute atomic E-state index is 5.29. The smallest absolute Gasteiger partial charge is 0.239 e. The lowest BCUT2D eigenvalue weighted by molar-refractivity contribution is 0.742. The molecule has 0 aliphatic carbocycles. The van der Waals surface area contributed by atoms with Gasteiger partial charge in [-0.15, -0.1) is 0 Å². The highest BCUT2D eigenvalue weighted by Gasteiger charge is 2.01. The molecule has 4 N–H and O–H groups in total. The maximum atomic E-state index is 5.29. The Labute approximate surface area is 105 Å². The fourth-order valence-electron chi connectivity index (χ4n) is 1.64. The second kappa shape index (κ2) is 5.46. The molecule has 0 spiro atoms.